The predicted molar refractivity (Wildman–Crippen MR) is 476 cm³/mol. The van der Waals surface area contributed by atoms with Crippen molar-refractivity contribution in [2.24, 2.45) is 28.2 Å². The maximum absolute atomic E-state index is 9.15. The fourth-order valence-corrected chi connectivity index (χ4v) is 18.5. The van der Waals surface area contributed by atoms with Crippen molar-refractivity contribution in [1.82, 2.24) is 0 Å². The lowest BCUT2D eigenvalue weighted by Gasteiger charge is -2.21. The summed E-state index contributed by atoms with van der Waals surface area (Å²) >= 11 is 0. The summed E-state index contributed by atoms with van der Waals surface area (Å²) < 4.78 is 83.8. The number of rotatable bonds is 7. The van der Waals surface area contributed by atoms with E-state index in [1.807, 2.05) is 69.0 Å². The van der Waals surface area contributed by atoms with Crippen molar-refractivity contribution in [3.8, 4) is 45.0 Å². The van der Waals surface area contributed by atoms with Gasteiger partial charge in [0.1, 0.15) is 72.9 Å². The molecule has 8 heterocycles. The Balaban J connectivity index is 0.000000107. The molecule has 566 valence electrons. The predicted octanol–water partition coefficient (Wildman–Crippen LogP) is 27.3. The van der Waals surface area contributed by atoms with Gasteiger partial charge < -0.3 is 17.7 Å². The van der Waals surface area contributed by atoms with Gasteiger partial charge in [0.25, 0.3) is 0 Å². The molecule has 115 heavy (non-hydrogen) atoms. The second-order valence-electron chi connectivity index (χ2n) is 32.2. The van der Waals surface area contributed by atoms with Crippen LogP contribution < -0.4 is 18.3 Å². The minimum absolute atomic E-state index is 0.323. The maximum atomic E-state index is 9.15. The highest BCUT2D eigenvalue weighted by Crippen LogP contribution is 2.47. The molecule has 0 unspecified atom stereocenters. The molecule has 8 aromatic heterocycles. The van der Waals surface area contributed by atoms with Gasteiger partial charge in [-0.05, 0) is 190 Å². The normalized spacial score (nSPS) is 15.1. The Hall–Kier alpha value is -12.5. The lowest BCUT2D eigenvalue weighted by Crippen LogP contribution is -2.31. The fourth-order valence-electron chi connectivity index (χ4n) is 18.5. The van der Waals surface area contributed by atoms with Crippen LogP contribution in [0.1, 0.15) is 142 Å². The molecular weight excluding hydrogens is 1410 g/mol. The van der Waals surface area contributed by atoms with E-state index in [1.54, 1.807) is 12.3 Å². The molecule has 0 saturated heterocycles. The molecule has 0 amide bonds. The summed E-state index contributed by atoms with van der Waals surface area (Å²) in [6.07, 6.45) is 17.5. The van der Waals surface area contributed by atoms with Crippen molar-refractivity contribution in [2.45, 2.75) is 124 Å². The van der Waals surface area contributed by atoms with Crippen LogP contribution in [0, 0.1) is 34.5 Å². The van der Waals surface area contributed by atoms with E-state index in [2.05, 4.69) is 274 Å². The first-order valence-electron chi connectivity index (χ1n) is 43.7. The average molecular weight is 1510 g/mol. The van der Waals surface area contributed by atoms with Crippen molar-refractivity contribution >= 4 is 131 Å². The third kappa shape index (κ3) is 12.9. The van der Waals surface area contributed by atoms with Gasteiger partial charge in [0, 0.05) is 99.3 Å². The smallest absolute Gasteiger partial charge is 0.216 e. The molecule has 2 aliphatic rings. The van der Waals surface area contributed by atoms with E-state index in [0.717, 1.165) is 196 Å². The molecule has 12 aromatic carbocycles. The van der Waals surface area contributed by atoms with Crippen molar-refractivity contribution in [3.05, 3.63) is 312 Å². The summed E-state index contributed by atoms with van der Waals surface area (Å²) in [7, 11) is 8.10. The Morgan fingerprint density at radius 1 is 0.330 bits per heavy atom. The Bertz CT molecular complexity index is 7570. The second-order valence-corrected chi connectivity index (χ2v) is 32.2. The lowest BCUT2D eigenvalue weighted by molar-refractivity contribution is -0.660. The molecule has 0 N–H and O–H groups in total. The number of fused-ring (bicyclic) bond motifs is 20. The monoisotopic (exact) mass is 1510 g/mol. The summed E-state index contributed by atoms with van der Waals surface area (Å²) in [5.41, 5.74) is 24.0. The lowest BCUT2D eigenvalue weighted by atomic mass is 9.84. The second kappa shape index (κ2) is 29.8. The van der Waals surface area contributed by atoms with Crippen LogP contribution in [0.15, 0.2) is 285 Å². The highest BCUT2D eigenvalue weighted by Gasteiger charge is 2.30. The first-order valence-corrected chi connectivity index (χ1v) is 40.7. The van der Waals surface area contributed by atoms with Gasteiger partial charge in [0.05, 0.1) is 22.3 Å². The topological polar surface area (TPSA) is 68.1 Å². The first kappa shape index (κ1) is 66.0. The summed E-state index contributed by atoms with van der Waals surface area (Å²) in [5.74, 6) is -1.60. The zero-order valence-electron chi connectivity index (χ0n) is 73.2. The van der Waals surface area contributed by atoms with Gasteiger partial charge in [0.2, 0.25) is 22.8 Å². The van der Waals surface area contributed by atoms with E-state index in [0.29, 0.717) is 5.56 Å². The number of hydrogen-bond donors (Lipinski definition) is 0. The van der Waals surface area contributed by atoms with Gasteiger partial charge in [-0.15, -0.1) is 0 Å². The molecule has 0 aliphatic heterocycles. The third-order valence-electron chi connectivity index (χ3n) is 24.6. The van der Waals surface area contributed by atoms with Crippen molar-refractivity contribution < 1.29 is 44.2 Å². The molecule has 22 rings (SSSR count). The number of aromatic nitrogens is 4. The first-order chi connectivity index (χ1) is 58.3. The van der Waals surface area contributed by atoms with E-state index in [9.17, 15) is 0 Å². The molecule has 2 saturated carbocycles. The Labute approximate surface area is 680 Å². The molecule has 0 bridgehead atoms. The van der Waals surface area contributed by atoms with E-state index >= 15 is 0 Å². The van der Waals surface area contributed by atoms with Crippen LogP contribution in [0.5, 0.6) is 0 Å². The highest BCUT2D eigenvalue weighted by molar-refractivity contribution is 6.24. The minimum atomic E-state index is -2.13. The summed E-state index contributed by atoms with van der Waals surface area (Å²) in [5, 5.41) is 18.8. The molecule has 8 nitrogen and oxygen atoms in total. The number of hydrogen-bond acceptors (Lipinski definition) is 4. The Morgan fingerprint density at radius 2 is 0.652 bits per heavy atom. The van der Waals surface area contributed by atoms with Gasteiger partial charge in [-0.1, -0.05) is 216 Å². The Morgan fingerprint density at radius 3 is 0.991 bits per heavy atom. The van der Waals surface area contributed by atoms with Crippen LogP contribution in [0.25, 0.3) is 176 Å². The van der Waals surface area contributed by atoms with E-state index < -0.39 is 24.5 Å². The maximum Gasteiger partial charge on any atom is 0.216 e. The van der Waals surface area contributed by atoms with Crippen molar-refractivity contribution in [3.63, 3.8) is 0 Å². The SMILES string of the molecule is [2H]C(C)(C)c1cc[n+](C)c(-c2c(C)ccc3c2oc2ccc4ccccc4c23)c1.[2H]C([2H])([2H])c1ccc(-c2c(C)ccc3c2oc2ccc4ccccc4c23)[n+](C)c1.[2H]C1(c2cc[n+](C)c(-c3c(C)ccc4c3oc3ccc5ccccc5c34)c2)CCCC1.[2H]C1(c2cc[n+](C)c(-c3c(C)ccc4c3oc3ccc5ccccc5c34)c2)CCCCC1. The van der Waals surface area contributed by atoms with Crippen LogP contribution in [-0.4, -0.2) is 0 Å². The number of aryl methyl sites for hydroxylation is 9. The standard InChI is InChI=1S/C29H28NO.C28H26NO.C26H24NO.C24H20NO/c1-19-12-14-24-28-23-11-7-6-10-21(23)13-15-26(28)31-29(24)27(19)25-18-22(16-17-30(25)2)20-8-4-3-5-9-20;1-18-11-13-23-27-22-10-6-5-9-20(22)12-14-25(27)30-28(23)26(18)24-17-21(15-16-29(24)2)19-7-3-4-8-19;1-16(2)19-13-14-27(4)22(15-19)24-17(3)9-11-21-25-20-8-6-5-7-18(20)10-12-23(25)28-26(21)24;1-15-8-12-20(25(3)14-15)22-16(2)9-11-19-23-18-7-5-4-6-17(18)10-13-21(23)26-24(19)22/h6-7,10-18,20H,3-5,8-9H2,1-2H3;5-6,9-17,19H,3-4,7-8H2,1-2H3;5-16H,1-4H3;4-14H,1-3H3/q4*+1/i20D;19D;16D;1D3. The quantitative estimate of drug-likeness (QED) is 0.149. The van der Waals surface area contributed by atoms with Crippen LogP contribution >= 0.6 is 0 Å². The number of nitrogens with zero attached hydrogens (tertiary/aromatic N) is 4. The molecule has 2 fully saturated rings. The fraction of sp³-hybridized carbons (Fsp3) is 0.215. The Kier molecular flexibility index (Phi) is 17.1. The van der Waals surface area contributed by atoms with Crippen molar-refractivity contribution in [2.75, 3.05) is 0 Å². The molecular formula is C107H98N4O4+4. The molecule has 2 aliphatic carbocycles. The van der Waals surface area contributed by atoms with Crippen LogP contribution in [-0.2, 0) is 28.2 Å². The zero-order valence-corrected chi connectivity index (χ0v) is 67.2. The zero-order chi connectivity index (χ0) is 83.7. The van der Waals surface area contributed by atoms with Crippen LogP contribution in [0.4, 0.5) is 0 Å². The van der Waals surface area contributed by atoms with Gasteiger partial charge in [-0.3, -0.25) is 0 Å². The van der Waals surface area contributed by atoms with Gasteiger partial charge in [-0.2, -0.15) is 0 Å². The largest absolute Gasteiger partial charge is 0.455 e. The van der Waals surface area contributed by atoms with E-state index in [-0.39, 0.29) is 0 Å². The molecule has 0 atom stereocenters. The van der Waals surface area contributed by atoms with Gasteiger partial charge in [0.15, 0.2) is 24.8 Å². The summed E-state index contributed by atoms with van der Waals surface area (Å²) in [6, 6.07) is 84.3. The van der Waals surface area contributed by atoms with Crippen LogP contribution in [0.3, 0.4) is 0 Å². The number of furan rings is 4. The number of benzene rings is 12. The summed E-state index contributed by atoms with van der Waals surface area (Å²) in [4.78, 5) is 0. The average Bonchev–Trinajstić information content (AvgIpc) is 1.61. The third-order valence-corrected chi connectivity index (χ3v) is 24.6. The van der Waals surface area contributed by atoms with Gasteiger partial charge >= 0.3 is 0 Å². The highest BCUT2D eigenvalue weighted by atomic mass is 16.3. The molecule has 0 radical (unpaired) electrons. The molecule has 20 aromatic rings. The summed E-state index contributed by atoms with van der Waals surface area (Å²) in [6.45, 7) is 10.2. The minimum Gasteiger partial charge on any atom is -0.455 e. The molecule has 0 spiro atoms. The molecule has 8 heteroatoms. The van der Waals surface area contributed by atoms with E-state index in [4.69, 9.17) is 25.9 Å². The van der Waals surface area contributed by atoms with E-state index in [1.165, 1.54) is 76.8 Å². The van der Waals surface area contributed by atoms with Crippen molar-refractivity contribution in [1.29, 1.82) is 0 Å². The van der Waals surface area contributed by atoms with Crippen LogP contribution in [0.2, 0.25) is 0 Å². The number of pyridine rings is 4. The van der Waals surface area contributed by atoms with Gasteiger partial charge in [-0.25, -0.2) is 18.3 Å².